The topological polar surface area (TPSA) is 62.2 Å². The van der Waals surface area contributed by atoms with Crippen LogP contribution in [0.25, 0.3) is 0 Å². The molecule has 1 fully saturated rings. The second-order valence-corrected chi connectivity index (χ2v) is 3.88. The number of carbonyl (C=O) groups is 1. The summed E-state index contributed by atoms with van der Waals surface area (Å²) in [6.45, 7) is 0.686. The minimum absolute atomic E-state index is 0.0681. The lowest BCUT2D eigenvalue weighted by Gasteiger charge is -2.05. The number of amides is 1. The fourth-order valence-electron chi connectivity index (χ4n) is 1.47. The van der Waals surface area contributed by atoms with Crippen molar-refractivity contribution in [3.05, 3.63) is 24.0 Å². The lowest BCUT2D eigenvalue weighted by atomic mass is 10.2. The van der Waals surface area contributed by atoms with Crippen LogP contribution < -0.4 is 5.32 Å². The van der Waals surface area contributed by atoms with E-state index in [0.717, 1.165) is 12.3 Å². The van der Waals surface area contributed by atoms with E-state index < -0.39 is 0 Å². The molecule has 1 amide bonds. The van der Waals surface area contributed by atoms with Gasteiger partial charge in [-0.25, -0.2) is 0 Å². The van der Waals surface area contributed by atoms with Crippen molar-refractivity contribution in [3.8, 4) is 5.75 Å². The Morgan fingerprint density at radius 1 is 1.60 bits per heavy atom. The van der Waals surface area contributed by atoms with Crippen LogP contribution in [0.2, 0.25) is 0 Å². The summed E-state index contributed by atoms with van der Waals surface area (Å²) < 4.78 is 0. The summed E-state index contributed by atoms with van der Waals surface area (Å²) in [4.78, 5) is 15.3. The van der Waals surface area contributed by atoms with Crippen molar-refractivity contribution in [2.24, 2.45) is 5.92 Å². The summed E-state index contributed by atoms with van der Waals surface area (Å²) in [5.41, 5.74) is 0.292. The van der Waals surface area contributed by atoms with Gasteiger partial charge in [0.05, 0.1) is 11.8 Å². The molecule has 0 radical (unpaired) electrons. The first-order valence-corrected chi connectivity index (χ1v) is 5.18. The van der Waals surface area contributed by atoms with Crippen LogP contribution in [-0.4, -0.2) is 22.5 Å². The van der Waals surface area contributed by atoms with Gasteiger partial charge in [-0.05, 0) is 18.4 Å². The van der Waals surface area contributed by atoms with Crippen molar-refractivity contribution >= 4 is 5.91 Å². The van der Waals surface area contributed by atoms with Gasteiger partial charge in [0.1, 0.15) is 5.75 Å². The average Bonchev–Trinajstić information content (AvgIpc) is 3.02. The van der Waals surface area contributed by atoms with Crippen LogP contribution in [0.5, 0.6) is 5.75 Å². The number of aromatic nitrogens is 1. The molecule has 0 atom stereocenters. The Kier molecular flexibility index (Phi) is 2.85. The van der Waals surface area contributed by atoms with Crippen molar-refractivity contribution < 1.29 is 9.90 Å². The number of nitrogens with one attached hydrogen (secondary N) is 1. The number of aromatic hydroxyl groups is 1. The molecule has 4 heteroatoms. The second kappa shape index (κ2) is 4.29. The van der Waals surface area contributed by atoms with Gasteiger partial charge in [0, 0.05) is 12.7 Å². The summed E-state index contributed by atoms with van der Waals surface area (Å²) >= 11 is 0. The van der Waals surface area contributed by atoms with E-state index in [1.165, 1.54) is 31.3 Å². The standard InChI is InChI=1S/C11H14N2O2/c14-10-7-12-5-4-9(10)11(15)13-6-3-8-1-2-8/h4-5,7-8,14H,1-3,6H2,(H,13,15). The number of carbonyl (C=O) groups excluding carboxylic acids is 1. The van der Waals surface area contributed by atoms with Gasteiger partial charge in [0.2, 0.25) is 0 Å². The number of nitrogens with zero attached hydrogens (tertiary/aromatic N) is 1. The molecule has 1 aliphatic rings. The van der Waals surface area contributed by atoms with Gasteiger partial charge in [0.15, 0.2) is 0 Å². The van der Waals surface area contributed by atoms with E-state index in [9.17, 15) is 9.90 Å². The molecule has 15 heavy (non-hydrogen) atoms. The molecule has 2 rings (SSSR count). The van der Waals surface area contributed by atoms with Crippen molar-refractivity contribution in [3.63, 3.8) is 0 Å². The van der Waals surface area contributed by atoms with Crippen LogP contribution in [0.3, 0.4) is 0 Å². The van der Waals surface area contributed by atoms with Crippen LogP contribution in [0.4, 0.5) is 0 Å². The van der Waals surface area contributed by atoms with Gasteiger partial charge in [-0.1, -0.05) is 12.8 Å². The molecule has 0 bridgehead atoms. The van der Waals surface area contributed by atoms with Gasteiger partial charge in [-0.15, -0.1) is 0 Å². The monoisotopic (exact) mass is 206 g/mol. The van der Waals surface area contributed by atoms with Crippen molar-refractivity contribution in [2.45, 2.75) is 19.3 Å². The van der Waals surface area contributed by atoms with E-state index in [4.69, 9.17) is 0 Å². The third-order valence-corrected chi connectivity index (χ3v) is 2.58. The van der Waals surface area contributed by atoms with Crippen LogP contribution in [-0.2, 0) is 0 Å². The maximum Gasteiger partial charge on any atom is 0.255 e. The second-order valence-electron chi connectivity index (χ2n) is 3.88. The largest absolute Gasteiger partial charge is 0.505 e. The van der Waals surface area contributed by atoms with E-state index in [-0.39, 0.29) is 11.7 Å². The molecule has 1 heterocycles. The zero-order chi connectivity index (χ0) is 10.7. The summed E-state index contributed by atoms with van der Waals surface area (Å²) in [6, 6.07) is 1.52. The number of hydrogen-bond acceptors (Lipinski definition) is 3. The van der Waals surface area contributed by atoms with Gasteiger partial charge in [-0.3, -0.25) is 9.78 Å². The first-order valence-electron chi connectivity index (χ1n) is 5.18. The molecule has 80 valence electrons. The third-order valence-electron chi connectivity index (χ3n) is 2.58. The summed E-state index contributed by atoms with van der Waals surface area (Å²) in [5.74, 6) is 0.508. The normalized spacial score (nSPS) is 14.9. The quantitative estimate of drug-likeness (QED) is 0.781. The Labute approximate surface area is 88.3 Å². The minimum Gasteiger partial charge on any atom is -0.505 e. The van der Waals surface area contributed by atoms with Crippen LogP contribution in [0.1, 0.15) is 29.6 Å². The SMILES string of the molecule is O=C(NCCC1CC1)c1ccncc1O. The van der Waals surface area contributed by atoms with Crippen molar-refractivity contribution in [1.29, 1.82) is 0 Å². The Morgan fingerprint density at radius 2 is 2.40 bits per heavy atom. The van der Waals surface area contributed by atoms with Gasteiger partial charge in [-0.2, -0.15) is 0 Å². The molecule has 1 aromatic heterocycles. The molecule has 1 saturated carbocycles. The molecule has 0 unspecified atom stereocenters. The van der Waals surface area contributed by atoms with E-state index >= 15 is 0 Å². The van der Waals surface area contributed by atoms with Crippen molar-refractivity contribution in [2.75, 3.05) is 6.54 Å². The molecule has 2 N–H and O–H groups in total. The van der Waals surface area contributed by atoms with E-state index in [2.05, 4.69) is 10.3 Å². The Hall–Kier alpha value is -1.58. The predicted octanol–water partition coefficient (Wildman–Crippen LogP) is 1.32. The highest BCUT2D eigenvalue weighted by atomic mass is 16.3. The number of hydrogen-bond donors (Lipinski definition) is 2. The van der Waals surface area contributed by atoms with Gasteiger partial charge >= 0.3 is 0 Å². The molecular formula is C11H14N2O2. The predicted molar refractivity (Wildman–Crippen MR) is 55.6 cm³/mol. The summed E-state index contributed by atoms with van der Waals surface area (Å²) in [5, 5.41) is 12.2. The number of rotatable bonds is 4. The summed E-state index contributed by atoms with van der Waals surface area (Å²) in [6.07, 6.45) is 6.38. The highest BCUT2D eigenvalue weighted by molar-refractivity contribution is 5.96. The number of pyridine rings is 1. The Bertz CT molecular complexity index is 361. The minimum atomic E-state index is -0.226. The maximum atomic E-state index is 11.6. The Morgan fingerprint density at radius 3 is 3.07 bits per heavy atom. The Balaban J connectivity index is 1.86. The average molecular weight is 206 g/mol. The molecule has 0 spiro atoms. The van der Waals surface area contributed by atoms with Crippen LogP contribution >= 0.6 is 0 Å². The molecule has 4 nitrogen and oxygen atoms in total. The molecule has 0 aromatic carbocycles. The molecule has 0 aliphatic heterocycles. The summed E-state index contributed by atoms with van der Waals surface area (Å²) in [7, 11) is 0. The van der Waals surface area contributed by atoms with Crippen LogP contribution in [0.15, 0.2) is 18.5 Å². The first kappa shape index (κ1) is 9.96. The van der Waals surface area contributed by atoms with Crippen molar-refractivity contribution in [1.82, 2.24) is 10.3 Å². The fourth-order valence-corrected chi connectivity index (χ4v) is 1.47. The highest BCUT2D eigenvalue weighted by Crippen LogP contribution is 2.31. The third kappa shape index (κ3) is 2.68. The van der Waals surface area contributed by atoms with Gasteiger partial charge in [0.25, 0.3) is 5.91 Å². The molecule has 1 aromatic rings. The first-order chi connectivity index (χ1) is 7.27. The van der Waals surface area contributed by atoms with E-state index in [1.807, 2.05) is 0 Å². The lowest BCUT2D eigenvalue weighted by Crippen LogP contribution is -2.24. The molecular weight excluding hydrogens is 192 g/mol. The molecule has 1 aliphatic carbocycles. The van der Waals surface area contributed by atoms with E-state index in [0.29, 0.717) is 12.1 Å². The lowest BCUT2D eigenvalue weighted by molar-refractivity contribution is 0.0950. The fraction of sp³-hybridized carbons (Fsp3) is 0.455. The van der Waals surface area contributed by atoms with E-state index in [1.54, 1.807) is 0 Å². The zero-order valence-corrected chi connectivity index (χ0v) is 8.44. The van der Waals surface area contributed by atoms with Crippen LogP contribution in [0, 0.1) is 5.92 Å². The maximum absolute atomic E-state index is 11.6. The smallest absolute Gasteiger partial charge is 0.255 e. The zero-order valence-electron chi connectivity index (χ0n) is 8.44. The highest BCUT2D eigenvalue weighted by Gasteiger charge is 2.20. The molecule has 0 saturated heterocycles. The van der Waals surface area contributed by atoms with Gasteiger partial charge < -0.3 is 10.4 Å².